The Kier molecular flexibility index (Phi) is 6.17. The number of piperazine rings is 1. The summed E-state index contributed by atoms with van der Waals surface area (Å²) >= 11 is 0. The molecule has 4 aromatic rings. The summed E-state index contributed by atoms with van der Waals surface area (Å²) < 4.78 is 1.58. The Hall–Kier alpha value is -3.85. The molecule has 0 atom stereocenters. The van der Waals surface area contributed by atoms with Crippen molar-refractivity contribution in [2.24, 2.45) is 0 Å². The van der Waals surface area contributed by atoms with Crippen molar-refractivity contribution in [1.82, 2.24) is 24.6 Å². The Morgan fingerprint density at radius 1 is 1.14 bits per heavy atom. The molecule has 1 saturated heterocycles. The Morgan fingerprint density at radius 3 is 2.69 bits per heavy atom. The van der Waals surface area contributed by atoms with Gasteiger partial charge in [-0.05, 0) is 55.8 Å². The van der Waals surface area contributed by atoms with Gasteiger partial charge in [-0.2, -0.15) is 0 Å². The summed E-state index contributed by atoms with van der Waals surface area (Å²) in [5.74, 6) is -0.0593. The van der Waals surface area contributed by atoms with Crippen LogP contribution in [0.25, 0.3) is 16.6 Å². The molecule has 182 valence electrons. The van der Waals surface area contributed by atoms with Crippen LogP contribution >= 0.6 is 0 Å². The van der Waals surface area contributed by atoms with Gasteiger partial charge in [-0.25, -0.2) is 4.79 Å². The number of fused-ring (bicyclic) bond motifs is 3. The lowest BCUT2D eigenvalue weighted by Crippen LogP contribution is -2.46. The standard InChI is InChI=1S/C26H31N7O2/c1-17(2)29-25(34)19-6-7-22(20(14-19)27-3)32-11-9-31(10-12-32)16-18-13-21-24(28-15-18)23-5-4-8-33(23)26(35)30-21/h4-8,13-15,17,27H,9-12,16H2,1-3H3,(H,29,34)(H,30,35). The van der Waals surface area contributed by atoms with Crippen molar-refractivity contribution in [3.05, 3.63) is 70.4 Å². The molecule has 1 fully saturated rings. The lowest BCUT2D eigenvalue weighted by atomic mass is 10.1. The zero-order chi connectivity index (χ0) is 24.5. The van der Waals surface area contributed by atoms with Crippen LogP contribution in [0.1, 0.15) is 29.8 Å². The number of rotatable bonds is 6. The Balaban J connectivity index is 1.26. The predicted molar refractivity (Wildman–Crippen MR) is 139 cm³/mol. The van der Waals surface area contributed by atoms with Crippen LogP contribution in [0.5, 0.6) is 0 Å². The first-order valence-corrected chi connectivity index (χ1v) is 12.0. The third-order valence-electron chi connectivity index (χ3n) is 6.46. The van der Waals surface area contributed by atoms with E-state index in [4.69, 9.17) is 0 Å². The largest absolute Gasteiger partial charge is 0.386 e. The number of pyridine rings is 1. The van der Waals surface area contributed by atoms with E-state index in [2.05, 4.69) is 30.4 Å². The van der Waals surface area contributed by atoms with Gasteiger partial charge in [0.2, 0.25) is 0 Å². The van der Waals surface area contributed by atoms with E-state index in [1.807, 2.05) is 63.5 Å². The van der Waals surface area contributed by atoms with Crippen LogP contribution < -0.4 is 21.2 Å². The first-order valence-electron chi connectivity index (χ1n) is 12.0. The quantitative estimate of drug-likeness (QED) is 0.398. The van der Waals surface area contributed by atoms with Gasteiger partial charge in [0.1, 0.15) is 5.52 Å². The average Bonchev–Trinajstić information content (AvgIpc) is 3.35. The van der Waals surface area contributed by atoms with Crippen molar-refractivity contribution < 1.29 is 4.79 Å². The summed E-state index contributed by atoms with van der Waals surface area (Å²) in [6, 6.07) is 11.7. The molecule has 0 saturated carbocycles. The lowest BCUT2D eigenvalue weighted by Gasteiger charge is -2.37. The van der Waals surface area contributed by atoms with Gasteiger partial charge >= 0.3 is 5.69 Å². The second kappa shape index (κ2) is 9.42. The topological polar surface area (TPSA) is 97.8 Å². The van der Waals surface area contributed by atoms with Crippen LogP contribution in [-0.4, -0.2) is 64.4 Å². The molecular weight excluding hydrogens is 442 g/mol. The summed E-state index contributed by atoms with van der Waals surface area (Å²) in [6.45, 7) is 8.27. The molecule has 9 heteroatoms. The first-order chi connectivity index (χ1) is 16.9. The first kappa shape index (κ1) is 22.9. The zero-order valence-corrected chi connectivity index (χ0v) is 20.3. The van der Waals surface area contributed by atoms with Crippen molar-refractivity contribution in [1.29, 1.82) is 0 Å². The van der Waals surface area contributed by atoms with Crippen molar-refractivity contribution in [3.8, 4) is 0 Å². The minimum absolute atomic E-state index is 0.0593. The fourth-order valence-electron chi connectivity index (χ4n) is 4.72. The molecule has 0 bridgehead atoms. The van der Waals surface area contributed by atoms with Gasteiger partial charge in [0.05, 0.1) is 22.4 Å². The SMILES string of the molecule is CNc1cc(C(=O)NC(C)C)ccc1N1CCN(Cc2cnc3c(c2)[nH]c(=O)n2cccc32)CC1. The number of H-pyrrole nitrogens is 1. The van der Waals surface area contributed by atoms with Gasteiger partial charge in [-0.3, -0.25) is 19.1 Å². The molecule has 3 N–H and O–H groups in total. The fourth-order valence-corrected chi connectivity index (χ4v) is 4.72. The van der Waals surface area contributed by atoms with E-state index in [0.29, 0.717) is 5.56 Å². The molecule has 0 spiro atoms. The predicted octanol–water partition coefficient (Wildman–Crippen LogP) is 2.68. The van der Waals surface area contributed by atoms with E-state index in [1.165, 1.54) is 0 Å². The molecule has 1 amide bonds. The van der Waals surface area contributed by atoms with Crippen LogP contribution in [0.3, 0.4) is 0 Å². The van der Waals surface area contributed by atoms with Gasteiger partial charge in [-0.15, -0.1) is 0 Å². The van der Waals surface area contributed by atoms with E-state index in [9.17, 15) is 9.59 Å². The van der Waals surface area contributed by atoms with Gasteiger partial charge < -0.3 is 20.5 Å². The maximum atomic E-state index is 12.4. The number of nitrogens with zero attached hydrogens (tertiary/aromatic N) is 4. The Morgan fingerprint density at radius 2 is 1.94 bits per heavy atom. The lowest BCUT2D eigenvalue weighted by molar-refractivity contribution is 0.0943. The number of amides is 1. The van der Waals surface area contributed by atoms with Gasteiger partial charge in [0.25, 0.3) is 5.91 Å². The maximum Gasteiger partial charge on any atom is 0.330 e. The van der Waals surface area contributed by atoms with Gasteiger partial charge in [-0.1, -0.05) is 0 Å². The van der Waals surface area contributed by atoms with Crippen molar-refractivity contribution in [3.63, 3.8) is 0 Å². The molecule has 1 aromatic carbocycles. The number of benzene rings is 1. The van der Waals surface area contributed by atoms with E-state index < -0.39 is 0 Å². The number of aromatic nitrogens is 3. The number of anilines is 2. The molecule has 3 aromatic heterocycles. The summed E-state index contributed by atoms with van der Waals surface area (Å²) in [5, 5.41) is 6.20. The second-order valence-electron chi connectivity index (χ2n) is 9.31. The summed E-state index contributed by atoms with van der Waals surface area (Å²) in [7, 11) is 1.89. The van der Waals surface area contributed by atoms with Crippen molar-refractivity contribution in [2.75, 3.05) is 43.4 Å². The third-order valence-corrected chi connectivity index (χ3v) is 6.46. The highest BCUT2D eigenvalue weighted by molar-refractivity contribution is 5.96. The summed E-state index contributed by atoms with van der Waals surface area (Å²) in [5.41, 5.74) is 6.02. The van der Waals surface area contributed by atoms with E-state index >= 15 is 0 Å². The smallest absolute Gasteiger partial charge is 0.330 e. The molecule has 0 radical (unpaired) electrons. The second-order valence-corrected chi connectivity index (χ2v) is 9.31. The van der Waals surface area contributed by atoms with E-state index in [0.717, 1.165) is 66.2 Å². The summed E-state index contributed by atoms with van der Waals surface area (Å²) in [6.07, 6.45) is 3.65. The normalized spacial score (nSPS) is 14.7. The molecule has 0 unspecified atom stereocenters. The molecule has 5 rings (SSSR count). The average molecular weight is 474 g/mol. The highest BCUT2D eigenvalue weighted by Crippen LogP contribution is 2.28. The molecule has 1 aliphatic rings. The maximum absolute atomic E-state index is 12.4. The molecular formula is C26H31N7O2. The number of carbonyl (C=O) groups is 1. The highest BCUT2D eigenvalue weighted by atomic mass is 16.2. The highest BCUT2D eigenvalue weighted by Gasteiger charge is 2.21. The van der Waals surface area contributed by atoms with Crippen LogP contribution in [0, 0.1) is 0 Å². The minimum atomic E-state index is -0.155. The van der Waals surface area contributed by atoms with E-state index in [-0.39, 0.29) is 17.6 Å². The number of hydrogen-bond acceptors (Lipinski definition) is 6. The van der Waals surface area contributed by atoms with Gasteiger partial charge in [0.15, 0.2) is 0 Å². The van der Waals surface area contributed by atoms with Crippen LogP contribution in [0.2, 0.25) is 0 Å². The number of nitrogens with one attached hydrogen (secondary N) is 3. The van der Waals surface area contributed by atoms with Crippen LogP contribution in [-0.2, 0) is 6.54 Å². The molecule has 0 aliphatic carbocycles. The Labute approximate surface area is 203 Å². The van der Waals surface area contributed by atoms with Crippen LogP contribution in [0.15, 0.2) is 53.6 Å². The minimum Gasteiger partial charge on any atom is -0.386 e. The molecule has 35 heavy (non-hydrogen) atoms. The molecule has 4 heterocycles. The fraction of sp³-hybridized carbons (Fsp3) is 0.346. The monoisotopic (exact) mass is 473 g/mol. The molecule has 1 aliphatic heterocycles. The van der Waals surface area contributed by atoms with E-state index in [1.54, 1.807) is 10.6 Å². The van der Waals surface area contributed by atoms with Gasteiger partial charge in [0, 0.05) is 63.8 Å². The number of aromatic amines is 1. The third kappa shape index (κ3) is 4.59. The van der Waals surface area contributed by atoms with Crippen molar-refractivity contribution in [2.45, 2.75) is 26.4 Å². The Bertz CT molecular complexity index is 1430. The zero-order valence-electron chi connectivity index (χ0n) is 20.3. The summed E-state index contributed by atoms with van der Waals surface area (Å²) in [4.78, 5) is 37.1. The van der Waals surface area contributed by atoms with Crippen LogP contribution in [0.4, 0.5) is 11.4 Å². The van der Waals surface area contributed by atoms with Crippen molar-refractivity contribution >= 4 is 33.8 Å². The molecule has 9 nitrogen and oxygen atoms in total. The number of hydrogen-bond donors (Lipinski definition) is 3. The number of carbonyl (C=O) groups excluding carboxylic acids is 1.